The van der Waals surface area contributed by atoms with Gasteiger partial charge in [0.2, 0.25) is 3.79 Å². The van der Waals surface area contributed by atoms with Crippen molar-refractivity contribution in [2.75, 3.05) is 0 Å². The zero-order chi connectivity index (χ0) is 13.5. The maximum Gasteiger partial charge on any atom is 0.387 e. The fourth-order valence-electron chi connectivity index (χ4n) is 1.33. The summed E-state index contributed by atoms with van der Waals surface area (Å²) in [4.78, 5) is 6.68. The van der Waals surface area contributed by atoms with Crippen LogP contribution in [0.2, 0.25) is 5.02 Å². The van der Waals surface area contributed by atoms with Crippen LogP contribution in [0.1, 0.15) is 5.82 Å². The standard InChI is InChI=1S/C9H4Cl4F2N2O/c10-3-1-4-5(2-6(3)18-8(14)15)17-7(16-4)9(11,12)13/h1-2,8H,(H,16,17). The van der Waals surface area contributed by atoms with E-state index in [1.54, 1.807) is 0 Å². The van der Waals surface area contributed by atoms with Gasteiger partial charge in [0.05, 0.1) is 16.1 Å². The summed E-state index contributed by atoms with van der Waals surface area (Å²) < 4.78 is 26.7. The second-order valence-electron chi connectivity index (χ2n) is 3.26. The molecule has 1 N–H and O–H groups in total. The summed E-state index contributed by atoms with van der Waals surface area (Å²) in [5, 5.41) is 0.00215. The number of fused-ring (bicyclic) bond motifs is 1. The van der Waals surface area contributed by atoms with Crippen molar-refractivity contribution in [2.24, 2.45) is 0 Å². The topological polar surface area (TPSA) is 37.9 Å². The van der Waals surface area contributed by atoms with Crippen molar-refractivity contribution in [3.8, 4) is 5.75 Å². The van der Waals surface area contributed by atoms with Crippen LogP contribution in [0.15, 0.2) is 12.1 Å². The molecule has 98 valence electrons. The Morgan fingerprint density at radius 2 is 1.94 bits per heavy atom. The number of nitrogens with zero attached hydrogens (tertiary/aromatic N) is 1. The highest BCUT2D eigenvalue weighted by atomic mass is 35.6. The molecule has 2 rings (SSSR count). The highest BCUT2D eigenvalue weighted by molar-refractivity contribution is 6.66. The van der Waals surface area contributed by atoms with Gasteiger partial charge in [-0.2, -0.15) is 8.78 Å². The first-order valence-electron chi connectivity index (χ1n) is 4.48. The Bertz CT molecular complexity index is 582. The highest BCUT2D eigenvalue weighted by Crippen LogP contribution is 2.38. The normalized spacial score (nSPS) is 12.4. The SMILES string of the molecule is FC(F)Oc1cc2nc(C(Cl)(Cl)Cl)[nH]c2cc1Cl. The predicted octanol–water partition coefficient (Wildman–Crippen LogP) is 4.64. The number of aromatic amines is 1. The summed E-state index contributed by atoms with van der Waals surface area (Å²) in [5.74, 6) is -0.130. The molecule has 0 saturated heterocycles. The van der Waals surface area contributed by atoms with E-state index in [4.69, 9.17) is 46.4 Å². The third-order valence-electron chi connectivity index (χ3n) is 2.02. The molecule has 0 saturated carbocycles. The number of alkyl halides is 5. The number of halogens is 6. The molecule has 0 amide bonds. The van der Waals surface area contributed by atoms with E-state index in [1.807, 2.05) is 0 Å². The lowest BCUT2D eigenvalue weighted by atomic mass is 10.3. The minimum Gasteiger partial charge on any atom is -0.433 e. The first-order valence-corrected chi connectivity index (χ1v) is 6.00. The minimum atomic E-state index is -2.98. The van der Waals surface area contributed by atoms with Crippen molar-refractivity contribution >= 4 is 57.4 Å². The van der Waals surface area contributed by atoms with E-state index in [0.717, 1.165) is 0 Å². The van der Waals surface area contributed by atoms with Crippen LogP contribution in [-0.4, -0.2) is 16.6 Å². The van der Waals surface area contributed by atoms with E-state index in [1.165, 1.54) is 12.1 Å². The Morgan fingerprint density at radius 3 is 2.50 bits per heavy atom. The summed E-state index contributed by atoms with van der Waals surface area (Å²) in [6.07, 6.45) is 0. The van der Waals surface area contributed by atoms with E-state index in [2.05, 4.69) is 14.7 Å². The zero-order valence-corrected chi connectivity index (χ0v) is 11.4. The molecule has 3 nitrogen and oxygen atoms in total. The van der Waals surface area contributed by atoms with E-state index in [0.29, 0.717) is 11.0 Å². The zero-order valence-electron chi connectivity index (χ0n) is 8.36. The third-order valence-corrected chi connectivity index (χ3v) is 2.85. The van der Waals surface area contributed by atoms with E-state index < -0.39 is 10.4 Å². The molecule has 0 bridgehead atoms. The van der Waals surface area contributed by atoms with Crippen LogP contribution >= 0.6 is 46.4 Å². The molecule has 9 heteroatoms. The number of ether oxygens (including phenoxy) is 1. The van der Waals surface area contributed by atoms with Crippen LogP contribution in [0.3, 0.4) is 0 Å². The Kier molecular flexibility index (Phi) is 3.78. The maximum absolute atomic E-state index is 12.1. The van der Waals surface area contributed by atoms with E-state index in [-0.39, 0.29) is 16.6 Å². The van der Waals surface area contributed by atoms with Crippen molar-refractivity contribution in [1.29, 1.82) is 0 Å². The van der Waals surface area contributed by atoms with Crippen LogP contribution in [0, 0.1) is 0 Å². The molecule has 1 aromatic carbocycles. The number of imidazole rings is 1. The molecule has 0 aliphatic heterocycles. The lowest BCUT2D eigenvalue weighted by Gasteiger charge is -2.05. The van der Waals surface area contributed by atoms with Crippen LogP contribution in [-0.2, 0) is 3.79 Å². The molecule has 18 heavy (non-hydrogen) atoms. The van der Waals surface area contributed by atoms with Gasteiger partial charge in [0.25, 0.3) is 0 Å². The number of benzene rings is 1. The molecule has 1 aromatic heterocycles. The predicted molar refractivity (Wildman–Crippen MR) is 67.0 cm³/mol. The molecular formula is C9H4Cl4F2N2O. The van der Waals surface area contributed by atoms with Gasteiger partial charge in [-0.15, -0.1) is 0 Å². The van der Waals surface area contributed by atoms with Gasteiger partial charge in [-0.1, -0.05) is 46.4 Å². The van der Waals surface area contributed by atoms with Gasteiger partial charge in [0.1, 0.15) is 5.75 Å². The van der Waals surface area contributed by atoms with Crippen LogP contribution in [0.4, 0.5) is 8.78 Å². The summed E-state index contributed by atoms with van der Waals surface area (Å²) in [6, 6.07) is 2.60. The van der Waals surface area contributed by atoms with Gasteiger partial charge in [-0.3, -0.25) is 0 Å². The maximum atomic E-state index is 12.1. The average Bonchev–Trinajstić information content (AvgIpc) is 2.59. The molecule has 0 atom stereocenters. The van der Waals surface area contributed by atoms with Gasteiger partial charge in [0, 0.05) is 6.07 Å². The van der Waals surface area contributed by atoms with Gasteiger partial charge < -0.3 is 9.72 Å². The summed E-state index contributed by atoms with van der Waals surface area (Å²) in [7, 11) is 0. The first kappa shape index (κ1) is 13.9. The second kappa shape index (κ2) is 4.89. The Morgan fingerprint density at radius 1 is 1.28 bits per heavy atom. The number of hydrogen-bond acceptors (Lipinski definition) is 2. The monoisotopic (exact) mass is 334 g/mol. The summed E-state index contributed by atoms with van der Waals surface area (Å²) in [5.41, 5.74) is 0.749. The number of rotatable bonds is 2. The van der Waals surface area contributed by atoms with Gasteiger partial charge in [-0.25, -0.2) is 4.98 Å². The van der Waals surface area contributed by atoms with Crippen molar-refractivity contribution in [3.05, 3.63) is 23.0 Å². The molecule has 1 heterocycles. The third kappa shape index (κ3) is 2.91. The molecule has 0 aliphatic rings. The second-order valence-corrected chi connectivity index (χ2v) is 5.95. The van der Waals surface area contributed by atoms with E-state index in [9.17, 15) is 8.78 Å². The molecular weight excluding hydrogens is 332 g/mol. The summed E-state index contributed by atoms with van der Waals surface area (Å²) >= 11 is 22.7. The fourth-order valence-corrected chi connectivity index (χ4v) is 1.81. The number of nitrogens with one attached hydrogen (secondary N) is 1. The van der Waals surface area contributed by atoms with Gasteiger partial charge in [-0.05, 0) is 6.07 Å². The smallest absolute Gasteiger partial charge is 0.387 e. The van der Waals surface area contributed by atoms with Gasteiger partial charge in [0.15, 0.2) is 5.82 Å². The number of aromatic nitrogens is 2. The molecule has 0 unspecified atom stereocenters. The van der Waals surface area contributed by atoms with Crippen LogP contribution < -0.4 is 4.74 Å². The average molecular weight is 336 g/mol. The molecule has 0 fully saturated rings. The quantitative estimate of drug-likeness (QED) is 0.811. The molecule has 2 aromatic rings. The van der Waals surface area contributed by atoms with Crippen molar-refractivity contribution < 1.29 is 13.5 Å². The van der Waals surface area contributed by atoms with E-state index >= 15 is 0 Å². The number of hydrogen-bond donors (Lipinski definition) is 1. The molecule has 0 aliphatic carbocycles. The minimum absolute atomic E-state index is 0.00215. The van der Waals surface area contributed by atoms with Gasteiger partial charge >= 0.3 is 6.61 Å². The molecule has 0 spiro atoms. The Hall–Kier alpha value is -0.490. The van der Waals surface area contributed by atoms with Crippen LogP contribution in [0.5, 0.6) is 5.75 Å². The lowest BCUT2D eigenvalue weighted by molar-refractivity contribution is -0.0496. The number of H-pyrrole nitrogens is 1. The lowest BCUT2D eigenvalue weighted by Crippen LogP contribution is -2.02. The summed E-state index contributed by atoms with van der Waals surface area (Å²) in [6.45, 7) is -2.98. The largest absolute Gasteiger partial charge is 0.433 e. The Labute approximate surface area is 120 Å². The van der Waals surface area contributed by atoms with Crippen molar-refractivity contribution in [1.82, 2.24) is 9.97 Å². The first-order chi connectivity index (χ1) is 8.27. The highest BCUT2D eigenvalue weighted by Gasteiger charge is 2.27. The van der Waals surface area contributed by atoms with Crippen molar-refractivity contribution in [3.63, 3.8) is 0 Å². The Balaban J connectivity index is 2.51. The van der Waals surface area contributed by atoms with Crippen LogP contribution in [0.25, 0.3) is 11.0 Å². The van der Waals surface area contributed by atoms with Crippen molar-refractivity contribution in [2.45, 2.75) is 10.4 Å². The molecule has 0 radical (unpaired) electrons. The fraction of sp³-hybridized carbons (Fsp3) is 0.222.